The Bertz CT molecular complexity index is 651. The second-order valence-corrected chi connectivity index (χ2v) is 5.65. The molecule has 0 aliphatic rings. The first-order valence-electron chi connectivity index (χ1n) is 6.35. The molecule has 4 nitrogen and oxygen atoms in total. The molecule has 0 N–H and O–H groups in total. The van der Waals surface area contributed by atoms with Gasteiger partial charge in [0.1, 0.15) is 17.7 Å². The van der Waals surface area contributed by atoms with E-state index in [0.29, 0.717) is 16.9 Å². The smallest absolute Gasteiger partial charge is 0.244 e. The highest BCUT2D eigenvalue weighted by molar-refractivity contribution is 6.20. The zero-order valence-corrected chi connectivity index (χ0v) is 12.6. The van der Waals surface area contributed by atoms with Crippen molar-refractivity contribution >= 4 is 28.5 Å². The number of likely N-dealkylation sites (N-methyl/N-ethyl adjacent to an activating group) is 1. The number of fused-ring (bicyclic) bond motifs is 1. The fourth-order valence-corrected chi connectivity index (χ4v) is 2.42. The van der Waals surface area contributed by atoms with Crippen molar-refractivity contribution in [1.29, 1.82) is 0 Å². The summed E-state index contributed by atoms with van der Waals surface area (Å²) in [6, 6.07) is 3.88. The van der Waals surface area contributed by atoms with E-state index < -0.39 is 6.04 Å². The fourth-order valence-electron chi connectivity index (χ4n) is 2.26. The second-order valence-electron chi connectivity index (χ2n) is 5.00. The Morgan fingerprint density at radius 2 is 2.05 bits per heavy atom. The predicted molar refractivity (Wildman–Crippen MR) is 77.4 cm³/mol. The first-order chi connectivity index (χ1) is 9.32. The van der Waals surface area contributed by atoms with Crippen LogP contribution in [-0.2, 0) is 4.79 Å². The van der Waals surface area contributed by atoms with Crippen LogP contribution in [0.4, 0.5) is 4.39 Å². The SMILES string of the molecule is CC(Cl)c1nc2cc(F)ccc2n1C(C)C(=O)N(C)C. The summed E-state index contributed by atoms with van der Waals surface area (Å²) in [5, 5.41) is -0.372. The average molecular weight is 298 g/mol. The lowest BCUT2D eigenvalue weighted by atomic mass is 10.2. The summed E-state index contributed by atoms with van der Waals surface area (Å²) in [5.74, 6) is 0.143. The van der Waals surface area contributed by atoms with Crippen molar-refractivity contribution in [3.05, 3.63) is 29.8 Å². The van der Waals surface area contributed by atoms with Gasteiger partial charge >= 0.3 is 0 Å². The summed E-state index contributed by atoms with van der Waals surface area (Å²) in [4.78, 5) is 18.1. The Labute approximate surface area is 122 Å². The number of benzene rings is 1. The van der Waals surface area contributed by atoms with Gasteiger partial charge in [0, 0.05) is 20.2 Å². The number of imidazole rings is 1. The van der Waals surface area contributed by atoms with Crippen LogP contribution in [0.25, 0.3) is 11.0 Å². The van der Waals surface area contributed by atoms with Crippen molar-refractivity contribution in [2.75, 3.05) is 14.1 Å². The highest BCUT2D eigenvalue weighted by Crippen LogP contribution is 2.29. The highest BCUT2D eigenvalue weighted by Gasteiger charge is 2.24. The summed E-state index contributed by atoms with van der Waals surface area (Å²) >= 11 is 6.15. The average Bonchev–Trinajstić information content (AvgIpc) is 2.75. The van der Waals surface area contributed by atoms with Crippen molar-refractivity contribution in [2.24, 2.45) is 0 Å². The summed E-state index contributed by atoms with van der Waals surface area (Å²) in [7, 11) is 3.39. The zero-order chi connectivity index (χ0) is 15.0. The number of carbonyl (C=O) groups excluding carboxylic acids is 1. The van der Waals surface area contributed by atoms with Crippen LogP contribution in [0.5, 0.6) is 0 Å². The highest BCUT2D eigenvalue weighted by atomic mass is 35.5. The Morgan fingerprint density at radius 1 is 1.40 bits per heavy atom. The maximum Gasteiger partial charge on any atom is 0.244 e. The lowest BCUT2D eigenvalue weighted by Gasteiger charge is -2.21. The van der Waals surface area contributed by atoms with E-state index >= 15 is 0 Å². The molecule has 0 bridgehead atoms. The summed E-state index contributed by atoms with van der Waals surface area (Å²) in [5.41, 5.74) is 1.21. The van der Waals surface area contributed by atoms with Gasteiger partial charge in [-0.2, -0.15) is 0 Å². The molecular weight excluding hydrogens is 281 g/mol. The lowest BCUT2D eigenvalue weighted by molar-refractivity contribution is -0.131. The maximum atomic E-state index is 13.3. The Hall–Kier alpha value is -1.62. The molecule has 1 aromatic heterocycles. The number of nitrogens with zero attached hydrogens (tertiary/aromatic N) is 3. The number of carbonyl (C=O) groups is 1. The molecule has 2 aromatic rings. The van der Waals surface area contributed by atoms with Gasteiger partial charge in [-0.05, 0) is 26.0 Å². The van der Waals surface area contributed by atoms with Gasteiger partial charge in [0.15, 0.2) is 0 Å². The molecule has 6 heteroatoms. The van der Waals surface area contributed by atoms with E-state index in [4.69, 9.17) is 11.6 Å². The monoisotopic (exact) mass is 297 g/mol. The van der Waals surface area contributed by atoms with Crippen LogP contribution in [0.2, 0.25) is 0 Å². The molecule has 0 saturated carbocycles. The number of halogens is 2. The maximum absolute atomic E-state index is 13.3. The van der Waals surface area contributed by atoms with Gasteiger partial charge in [-0.25, -0.2) is 9.37 Å². The Kier molecular flexibility index (Phi) is 3.99. The largest absolute Gasteiger partial charge is 0.347 e. The molecule has 0 aliphatic carbocycles. The van der Waals surface area contributed by atoms with Crippen molar-refractivity contribution in [3.8, 4) is 0 Å². The van der Waals surface area contributed by atoms with Crippen molar-refractivity contribution < 1.29 is 9.18 Å². The van der Waals surface area contributed by atoms with Crippen LogP contribution in [0.3, 0.4) is 0 Å². The van der Waals surface area contributed by atoms with E-state index in [1.807, 2.05) is 0 Å². The van der Waals surface area contributed by atoms with E-state index in [-0.39, 0.29) is 17.1 Å². The normalized spacial score (nSPS) is 14.3. The third-order valence-corrected chi connectivity index (χ3v) is 3.42. The van der Waals surface area contributed by atoms with E-state index in [1.165, 1.54) is 17.0 Å². The molecule has 2 unspecified atom stereocenters. The Morgan fingerprint density at radius 3 is 2.60 bits per heavy atom. The third kappa shape index (κ3) is 2.50. The standard InChI is InChI=1S/C14H17ClFN3O/c1-8(15)13-17-11-7-10(16)5-6-12(11)19(13)9(2)14(20)18(3)4/h5-9H,1-4H3. The fraction of sp³-hybridized carbons (Fsp3) is 0.429. The van der Waals surface area contributed by atoms with Crippen LogP contribution in [-0.4, -0.2) is 34.5 Å². The first kappa shape index (κ1) is 14.8. The predicted octanol–water partition coefficient (Wildman–Crippen LogP) is 3.12. The van der Waals surface area contributed by atoms with Crippen molar-refractivity contribution in [2.45, 2.75) is 25.3 Å². The van der Waals surface area contributed by atoms with Crippen LogP contribution in [0.15, 0.2) is 18.2 Å². The number of amides is 1. The number of alkyl halides is 1. The van der Waals surface area contributed by atoms with Gasteiger partial charge in [-0.15, -0.1) is 11.6 Å². The van der Waals surface area contributed by atoms with Gasteiger partial charge in [0.25, 0.3) is 0 Å². The number of hydrogen-bond donors (Lipinski definition) is 0. The quantitative estimate of drug-likeness (QED) is 0.816. The summed E-state index contributed by atoms with van der Waals surface area (Å²) < 4.78 is 15.1. The molecular formula is C14H17ClFN3O. The Balaban J connectivity index is 2.66. The molecule has 1 aromatic carbocycles. The second kappa shape index (κ2) is 5.40. The minimum absolute atomic E-state index is 0.0628. The molecule has 0 radical (unpaired) electrons. The van der Waals surface area contributed by atoms with Crippen LogP contribution in [0, 0.1) is 5.82 Å². The summed E-state index contributed by atoms with van der Waals surface area (Å²) in [6.45, 7) is 3.57. The number of aromatic nitrogens is 2. The molecule has 0 saturated heterocycles. The van der Waals surface area contributed by atoms with E-state index in [0.717, 1.165) is 0 Å². The molecule has 1 heterocycles. The molecule has 2 rings (SSSR count). The molecule has 1 amide bonds. The summed E-state index contributed by atoms with van der Waals surface area (Å²) in [6.07, 6.45) is 0. The van der Waals surface area contributed by atoms with Gasteiger partial charge in [0.05, 0.1) is 16.4 Å². The first-order valence-corrected chi connectivity index (χ1v) is 6.79. The number of rotatable bonds is 3. The minimum Gasteiger partial charge on any atom is -0.347 e. The molecule has 108 valence electrons. The van der Waals surface area contributed by atoms with Gasteiger partial charge in [-0.3, -0.25) is 4.79 Å². The van der Waals surface area contributed by atoms with E-state index in [9.17, 15) is 9.18 Å². The molecule has 2 atom stereocenters. The lowest BCUT2D eigenvalue weighted by Crippen LogP contribution is -2.30. The topological polar surface area (TPSA) is 38.1 Å². The van der Waals surface area contributed by atoms with Gasteiger partial charge in [-0.1, -0.05) is 0 Å². The molecule has 0 fully saturated rings. The van der Waals surface area contributed by atoms with Crippen LogP contribution in [0.1, 0.15) is 31.1 Å². The zero-order valence-electron chi connectivity index (χ0n) is 11.9. The van der Waals surface area contributed by atoms with E-state index in [2.05, 4.69) is 4.98 Å². The van der Waals surface area contributed by atoms with Gasteiger partial charge in [0.2, 0.25) is 5.91 Å². The number of hydrogen-bond acceptors (Lipinski definition) is 2. The van der Waals surface area contributed by atoms with Crippen LogP contribution >= 0.6 is 11.6 Å². The molecule has 0 spiro atoms. The minimum atomic E-state index is -0.448. The third-order valence-electron chi connectivity index (χ3n) is 3.22. The van der Waals surface area contributed by atoms with Crippen molar-refractivity contribution in [1.82, 2.24) is 14.5 Å². The van der Waals surface area contributed by atoms with Crippen molar-refractivity contribution in [3.63, 3.8) is 0 Å². The van der Waals surface area contributed by atoms with E-state index in [1.54, 1.807) is 38.6 Å². The molecule has 0 aliphatic heterocycles. The molecule has 20 heavy (non-hydrogen) atoms. The van der Waals surface area contributed by atoms with Gasteiger partial charge < -0.3 is 9.47 Å². The van der Waals surface area contributed by atoms with Crippen LogP contribution < -0.4 is 0 Å².